The lowest BCUT2D eigenvalue weighted by molar-refractivity contribution is -0.141. The lowest BCUT2D eigenvalue weighted by atomic mass is 10.0. The number of halogens is 4. The van der Waals surface area contributed by atoms with Crippen LogP contribution < -0.4 is 10.6 Å². The van der Waals surface area contributed by atoms with Crippen molar-refractivity contribution in [3.63, 3.8) is 0 Å². The molecule has 8 nitrogen and oxygen atoms in total. The zero-order valence-electron chi connectivity index (χ0n) is 22.1. The van der Waals surface area contributed by atoms with Crippen molar-refractivity contribution in [1.82, 2.24) is 15.1 Å². The highest BCUT2D eigenvalue weighted by atomic mass is 19.4. The van der Waals surface area contributed by atoms with Crippen molar-refractivity contribution in [3.8, 4) is 5.69 Å². The van der Waals surface area contributed by atoms with E-state index in [2.05, 4.69) is 15.7 Å². The predicted octanol–water partition coefficient (Wildman–Crippen LogP) is 6.57. The maximum absolute atomic E-state index is 14.9. The minimum absolute atomic E-state index is 0.0761. The molecule has 2 amide bonds. The van der Waals surface area contributed by atoms with Crippen LogP contribution in [0.25, 0.3) is 5.69 Å². The van der Waals surface area contributed by atoms with Gasteiger partial charge in [-0.1, -0.05) is 48.5 Å². The zero-order chi connectivity index (χ0) is 29.9. The number of anilines is 1. The normalized spacial score (nSPS) is 13.9. The molecule has 3 N–H and O–H groups in total. The van der Waals surface area contributed by atoms with E-state index >= 15 is 0 Å². The molecule has 0 bridgehead atoms. The summed E-state index contributed by atoms with van der Waals surface area (Å²) in [5.74, 6) is -1.36. The first-order chi connectivity index (χ1) is 20.1. The summed E-state index contributed by atoms with van der Waals surface area (Å²) < 4.78 is 62.8. The number of nitrogens with one attached hydrogen (secondary N) is 2. The lowest BCUT2D eigenvalue weighted by Gasteiger charge is -2.20. The van der Waals surface area contributed by atoms with Crippen LogP contribution in [0.3, 0.4) is 0 Å². The summed E-state index contributed by atoms with van der Waals surface area (Å²) in [6.07, 6.45) is -4.56. The topological polar surface area (TPSA) is 105 Å². The van der Waals surface area contributed by atoms with Crippen LogP contribution in [0.1, 0.15) is 51.8 Å². The molecule has 3 aromatic carbocycles. The van der Waals surface area contributed by atoms with E-state index in [1.54, 1.807) is 6.07 Å². The number of ether oxygens (including phenoxy) is 1. The number of aromatic nitrogens is 2. The van der Waals surface area contributed by atoms with Crippen LogP contribution in [0.5, 0.6) is 0 Å². The van der Waals surface area contributed by atoms with Gasteiger partial charge < -0.3 is 20.5 Å². The van der Waals surface area contributed by atoms with Gasteiger partial charge in [0.15, 0.2) is 5.69 Å². The third-order valence-electron chi connectivity index (χ3n) is 6.67. The maximum Gasteiger partial charge on any atom is 0.435 e. The highest BCUT2D eigenvalue weighted by Gasteiger charge is 2.36. The van der Waals surface area contributed by atoms with E-state index in [0.717, 1.165) is 23.1 Å². The van der Waals surface area contributed by atoms with Gasteiger partial charge in [-0.2, -0.15) is 18.3 Å². The second kappa shape index (κ2) is 12.0. The first-order valence-electron chi connectivity index (χ1n) is 13.1. The molecular weight excluding hydrogens is 556 g/mol. The van der Waals surface area contributed by atoms with Crippen molar-refractivity contribution in [3.05, 3.63) is 113 Å². The monoisotopic (exact) mass is 582 g/mol. The second-order valence-electron chi connectivity index (χ2n) is 9.91. The first kappa shape index (κ1) is 28.8. The number of benzene rings is 3. The van der Waals surface area contributed by atoms with Gasteiger partial charge in [0.25, 0.3) is 5.91 Å². The van der Waals surface area contributed by atoms with Crippen LogP contribution >= 0.6 is 0 Å². The maximum atomic E-state index is 14.9. The predicted molar refractivity (Wildman–Crippen MR) is 145 cm³/mol. The van der Waals surface area contributed by atoms with Gasteiger partial charge in [-0.15, -0.1) is 0 Å². The third kappa shape index (κ3) is 6.95. The Morgan fingerprint density at radius 1 is 1.00 bits per heavy atom. The van der Waals surface area contributed by atoms with Gasteiger partial charge in [-0.25, -0.2) is 13.9 Å². The minimum atomic E-state index is -4.87. The van der Waals surface area contributed by atoms with Crippen LogP contribution in [0.4, 0.5) is 28.0 Å². The summed E-state index contributed by atoms with van der Waals surface area (Å²) in [4.78, 5) is 24.2. The molecule has 1 heterocycles. The van der Waals surface area contributed by atoms with E-state index in [1.165, 1.54) is 36.4 Å². The molecule has 42 heavy (non-hydrogen) atoms. The zero-order valence-corrected chi connectivity index (χ0v) is 22.1. The van der Waals surface area contributed by atoms with E-state index in [9.17, 15) is 27.2 Å². The Morgan fingerprint density at radius 3 is 2.45 bits per heavy atom. The number of carbonyl (C=O) groups excluding carboxylic acids is 1. The molecule has 1 aliphatic rings. The van der Waals surface area contributed by atoms with E-state index in [0.29, 0.717) is 29.7 Å². The van der Waals surface area contributed by atoms with Gasteiger partial charge in [-0.3, -0.25) is 4.79 Å². The van der Waals surface area contributed by atoms with Gasteiger partial charge in [0, 0.05) is 12.6 Å². The molecule has 1 fully saturated rings. The number of amides is 2. The highest BCUT2D eigenvalue weighted by molar-refractivity contribution is 6.03. The van der Waals surface area contributed by atoms with Crippen LogP contribution in [0.2, 0.25) is 0 Å². The Kier molecular flexibility index (Phi) is 8.25. The van der Waals surface area contributed by atoms with E-state index in [4.69, 9.17) is 9.84 Å². The van der Waals surface area contributed by atoms with Gasteiger partial charge >= 0.3 is 12.3 Å². The molecule has 1 aromatic heterocycles. The molecule has 5 rings (SSSR count). The van der Waals surface area contributed by atoms with Gasteiger partial charge in [0.2, 0.25) is 0 Å². The third-order valence-corrected chi connectivity index (χ3v) is 6.67. The summed E-state index contributed by atoms with van der Waals surface area (Å²) in [7, 11) is 0. The molecular formula is C30H26F4N4O4. The first-order valence-corrected chi connectivity index (χ1v) is 13.1. The molecule has 1 aliphatic carbocycles. The SMILES string of the molecule is O=C(O)NCc1cccc(-n2nc(C(F)(F)F)cc2C(=O)Nc2cc(C(OCC3CC3)c3ccccc3)ccc2F)c1. The lowest BCUT2D eigenvalue weighted by Crippen LogP contribution is -2.20. The Labute approximate surface area is 237 Å². The van der Waals surface area contributed by atoms with Crippen molar-refractivity contribution in [1.29, 1.82) is 0 Å². The molecule has 1 saturated carbocycles. The van der Waals surface area contributed by atoms with E-state index in [-0.39, 0.29) is 17.9 Å². The van der Waals surface area contributed by atoms with Crippen molar-refractivity contribution in [2.24, 2.45) is 5.92 Å². The number of hydrogen-bond acceptors (Lipinski definition) is 4. The summed E-state index contributed by atoms with van der Waals surface area (Å²) >= 11 is 0. The minimum Gasteiger partial charge on any atom is -0.465 e. The van der Waals surface area contributed by atoms with Crippen LogP contribution in [-0.4, -0.2) is 33.5 Å². The Hall–Kier alpha value is -4.71. The second-order valence-corrected chi connectivity index (χ2v) is 9.91. The highest BCUT2D eigenvalue weighted by Crippen LogP contribution is 2.35. The summed E-state index contributed by atoms with van der Waals surface area (Å²) in [6, 6.07) is 19.8. The molecule has 12 heteroatoms. The summed E-state index contributed by atoms with van der Waals surface area (Å²) in [5, 5.41) is 17.0. The average Bonchev–Trinajstić information content (AvgIpc) is 3.67. The molecule has 0 radical (unpaired) electrons. The van der Waals surface area contributed by atoms with E-state index in [1.807, 2.05) is 30.3 Å². The molecule has 1 unspecified atom stereocenters. The standard InChI is InChI=1S/C30H26F4N4O4/c31-23-12-11-21(27(42-17-18-9-10-18)20-6-2-1-3-7-20)14-24(23)36-28(39)25-15-26(30(32,33)34)37-38(25)22-8-4-5-19(13-22)16-35-29(40)41/h1-8,11-15,18,27,35H,9-10,16-17H2,(H,36,39)(H,40,41). The molecule has 0 aliphatic heterocycles. The molecule has 4 aromatic rings. The summed E-state index contributed by atoms with van der Waals surface area (Å²) in [6.45, 7) is 0.389. The number of hydrogen-bond donors (Lipinski definition) is 3. The fourth-order valence-corrected chi connectivity index (χ4v) is 4.37. The van der Waals surface area contributed by atoms with Crippen molar-refractivity contribution >= 4 is 17.7 Å². The van der Waals surface area contributed by atoms with Crippen LogP contribution in [0.15, 0.2) is 78.9 Å². The summed E-state index contributed by atoms with van der Waals surface area (Å²) in [5.41, 5.74) is -0.189. The number of alkyl halides is 3. The fraction of sp³-hybridized carbons (Fsp3) is 0.233. The van der Waals surface area contributed by atoms with Crippen molar-refractivity contribution < 1.29 is 37.0 Å². The average molecular weight is 583 g/mol. The number of carboxylic acid groups (broad SMARTS) is 1. The smallest absolute Gasteiger partial charge is 0.435 e. The largest absolute Gasteiger partial charge is 0.465 e. The number of nitrogens with zero attached hydrogens (tertiary/aromatic N) is 2. The van der Waals surface area contributed by atoms with Crippen LogP contribution in [0, 0.1) is 11.7 Å². The quantitative estimate of drug-likeness (QED) is 0.184. The molecule has 218 valence electrons. The Balaban J connectivity index is 1.46. The van der Waals surface area contributed by atoms with Gasteiger partial charge in [0.05, 0.1) is 18.0 Å². The van der Waals surface area contributed by atoms with Gasteiger partial charge in [0.1, 0.15) is 17.6 Å². The van der Waals surface area contributed by atoms with Crippen molar-refractivity contribution in [2.75, 3.05) is 11.9 Å². The Bertz CT molecular complexity index is 1590. The molecule has 0 saturated heterocycles. The van der Waals surface area contributed by atoms with Crippen LogP contribution in [-0.2, 0) is 17.5 Å². The number of carbonyl (C=O) groups is 2. The van der Waals surface area contributed by atoms with Gasteiger partial charge in [-0.05, 0) is 59.7 Å². The fourth-order valence-electron chi connectivity index (χ4n) is 4.37. The van der Waals surface area contributed by atoms with E-state index < -0.39 is 41.5 Å². The molecule has 1 atom stereocenters. The van der Waals surface area contributed by atoms with Crippen molar-refractivity contribution in [2.45, 2.75) is 31.7 Å². The Morgan fingerprint density at radius 2 is 1.76 bits per heavy atom. The molecule has 0 spiro atoms. The number of rotatable bonds is 10.